The van der Waals surface area contributed by atoms with Crippen molar-refractivity contribution < 1.29 is 13.5 Å². The summed E-state index contributed by atoms with van der Waals surface area (Å²) in [5, 5.41) is 12.8. The molecule has 0 saturated carbocycles. The molecule has 0 spiro atoms. The van der Waals surface area contributed by atoms with E-state index in [1.807, 2.05) is 12.1 Å². The lowest BCUT2D eigenvalue weighted by atomic mass is 9.97. The van der Waals surface area contributed by atoms with E-state index in [1.165, 1.54) is 11.8 Å². The molecule has 0 aromatic heterocycles. The van der Waals surface area contributed by atoms with Gasteiger partial charge in [0, 0.05) is 19.1 Å². The Morgan fingerprint density at radius 3 is 2.43 bits per heavy atom. The predicted molar refractivity (Wildman–Crippen MR) is 93.0 cm³/mol. The minimum Gasteiger partial charge on any atom is -0.508 e. The van der Waals surface area contributed by atoms with Crippen LogP contribution in [0.15, 0.2) is 24.3 Å². The Kier molecular flexibility index (Phi) is 6.44. The molecule has 5 nitrogen and oxygen atoms in total. The smallest absolute Gasteiger partial charge is 0.211 e. The van der Waals surface area contributed by atoms with Gasteiger partial charge in [0.1, 0.15) is 5.75 Å². The Labute approximate surface area is 139 Å². The number of benzene rings is 1. The van der Waals surface area contributed by atoms with Crippen LogP contribution in [0.5, 0.6) is 5.75 Å². The van der Waals surface area contributed by atoms with E-state index in [1.54, 1.807) is 16.4 Å². The van der Waals surface area contributed by atoms with E-state index < -0.39 is 10.0 Å². The molecule has 2 rings (SSSR count). The van der Waals surface area contributed by atoms with Gasteiger partial charge in [-0.3, -0.25) is 0 Å². The molecule has 6 heteroatoms. The van der Waals surface area contributed by atoms with Crippen molar-refractivity contribution in [1.29, 1.82) is 0 Å². The number of aromatic hydroxyl groups is 1. The van der Waals surface area contributed by atoms with Crippen molar-refractivity contribution in [2.75, 3.05) is 25.9 Å². The van der Waals surface area contributed by atoms with Crippen LogP contribution in [0.3, 0.4) is 0 Å². The summed E-state index contributed by atoms with van der Waals surface area (Å²) < 4.78 is 24.6. The Hall–Kier alpha value is -1.11. The van der Waals surface area contributed by atoms with Gasteiger partial charge in [0.2, 0.25) is 10.0 Å². The highest BCUT2D eigenvalue weighted by atomic mass is 32.2. The van der Waals surface area contributed by atoms with Gasteiger partial charge in [0.25, 0.3) is 0 Å². The lowest BCUT2D eigenvalue weighted by molar-refractivity contribution is 0.262. The minimum atomic E-state index is -3.03. The molecule has 1 saturated heterocycles. The zero-order valence-corrected chi connectivity index (χ0v) is 14.8. The third-order valence-electron chi connectivity index (χ3n) is 4.60. The molecule has 1 aromatic carbocycles. The van der Waals surface area contributed by atoms with Crippen LogP contribution in [0.25, 0.3) is 0 Å². The number of phenols is 1. The van der Waals surface area contributed by atoms with Crippen molar-refractivity contribution in [2.24, 2.45) is 5.92 Å². The third kappa shape index (κ3) is 6.12. The van der Waals surface area contributed by atoms with Gasteiger partial charge in [0.15, 0.2) is 0 Å². The average molecular weight is 340 g/mol. The second kappa shape index (κ2) is 8.13. The van der Waals surface area contributed by atoms with Gasteiger partial charge < -0.3 is 10.4 Å². The molecular formula is C17H28N2O3S. The average Bonchev–Trinajstić information content (AvgIpc) is 2.52. The van der Waals surface area contributed by atoms with Crippen molar-refractivity contribution in [2.45, 2.75) is 38.6 Å². The molecule has 1 aromatic rings. The normalized spacial score (nSPS) is 18.9. The van der Waals surface area contributed by atoms with Crippen molar-refractivity contribution in [3.8, 4) is 5.75 Å². The van der Waals surface area contributed by atoms with E-state index in [0.717, 1.165) is 32.2 Å². The molecule has 0 unspecified atom stereocenters. The predicted octanol–water partition coefficient (Wildman–Crippen LogP) is 1.97. The highest BCUT2D eigenvalue weighted by Gasteiger charge is 2.24. The molecule has 23 heavy (non-hydrogen) atoms. The van der Waals surface area contributed by atoms with E-state index in [4.69, 9.17) is 0 Å². The summed E-state index contributed by atoms with van der Waals surface area (Å²) in [6.45, 7) is 4.43. The molecule has 1 heterocycles. The first-order chi connectivity index (χ1) is 10.8. The number of nitrogens with zero attached hydrogens (tertiary/aromatic N) is 1. The molecule has 130 valence electrons. The van der Waals surface area contributed by atoms with Crippen LogP contribution in [0.2, 0.25) is 0 Å². The molecular weight excluding hydrogens is 312 g/mol. The fourth-order valence-corrected chi connectivity index (χ4v) is 3.83. The maximum atomic E-state index is 11.5. The first kappa shape index (κ1) is 18.2. The summed E-state index contributed by atoms with van der Waals surface area (Å²) >= 11 is 0. The SMILES string of the molecule is C[C@@H](CCc1ccc(O)cc1)NCC1CCN(S(C)(=O)=O)CC1. The van der Waals surface area contributed by atoms with Crippen molar-refractivity contribution in [3.05, 3.63) is 29.8 Å². The molecule has 2 N–H and O–H groups in total. The van der Waals surface area contributed by atoms with Gasteiger partial charge >= 0.3 is 0 Å². The van der Waals surface area contributed by atoms with Crippen LogP contribution < -0.4 is 5.32 Å². The largest absolute Gasteiger partial charge is 0.508 e. The lowest BCUT2D eigenvalue weighted by Gasteiger charge is -2.31. The number of nitrogens with one attached hydrogen (secondary N) is 1. The molecule has 0 aliphatic carbocycles. The molecule has 0 amide bonds. The summed E-state index contributed by atoms with van der Waals surface area (Å²) in [5.74, 6) is 0.865. The van der Waals surface area contributed by atoms with Crippen LogP contribution in [-0.4, -0.2) is 49.8 Å². The molecule has 1 aliphatic heterocycles. The quantitative estimate of drug-likeness (QED) is 0.796. The van der Waals surface area contributed by atoms with Gasteiger partial charge in [-0.1, -0.05) is 12.1 Å². The zero-order valence-electron chi connectivity index (χ0n) is 14.0. The number of hydrogen-bond donors (Lipinski definition) is 2. The fourth-order valence-electron chi connectivity index (χ4n) is 2.96. The molecule has 1 aliphatic rings. The second-order valence-corrected chi connectivity index (χ2v) is 8.60. The molecule has 1 atom stereocenters. The second-order valence-electron chi connectivity index (χ2n) is 6.62. The third-order valence-corrected chi connectivity index (χ3v) is 5.90. The van der Waals surface area contributed by atoms with Gasteiger partial charge in [-0.2, -0.15) is 0 Å². The number of piperidine rings is 1. The standard InChI is InChI=1S/C17H28N2O3S/c1-14(3-4-15-5-7-17(20)8-6-15)18-13-16-9-11-19(12-10-16)23(2,21)22/h5-8,14,16,18,20H,3-4,9-13H2,1-2H3/t14-/m0/s1. The number of aryl methyl sites for hydroxylation is 1. The summed E-state index contributed by atoms with van der Waals surface area (Å²) in [7, 11) is -3.03. The summed E-state index contributed by atoms with van der Waals surface area (Å²) in [4.78, 5) is 0. The zero-order chi connectivity index (χ0) is 16.9. The van der Waals surface area contributed by atoms with E-state index in [9.17, 15) is 13.5 Å². The van der Waals surface area contributed by atoms with Crippen molar-refractivity contribution in [1.82, 2.24) is 9.62 Å². The molecule has 1 fully saturated rings. The molecule has 0 bridgehead atoms. The summed E-state index contributed by atoms with van der Waals surface area (Å²) in [6.07, 6.45) is 5.19. The first-order valence-corrected chi connectivity index (χ1v) is 10.2. The number of hydrogen-bond acceptors (Lipinski definition) is 4. The topological polar surface area (TPSA) is 69.6 Å². The summed E-state index contributed by atoms with van der Waals surface area (Å²) in [6, 6.07) is 7.80. The molecule has 0 radical (unpaired) electrons. The number of sulfonamides is 1. The Bertz CT molecular complexity index is 578. The maximum Gasteiger partial charge on any atom is 0.211 e. The van der Waals surface area contributed by atoms with E-state index >= 15 is 0 Å². The van der Waals surface area contributed by atoms with Crippen LogP contribution in [0, 0.1) is 5.92 Å². The Morgan fingerprint density at radius 1 is 1.26 bits per heavy atom. The van der Waals surface area contributed by atoms with E-state index in [2.05, 4.69) is 12.2 Å². The number of phenolic OH excluding ortho intramolecular Hbond substituents is 1. The minimum absolute atomic E-state index is 0.306. The highest BCUT2D eigenvalue weighted by molar-refractivity contribution is 7.88. The van der Waals surface area contributed by atoms with Crippen LogP contribution in [-0.2, 0) is 16.4 Å². The highest BCUT2D eigenvalue weighted by Crippen LogP contribution is 2.19. The summed E-state index contributed by atoms with van der Waals surface area (Å²) in [5.41, 5.74) is 1.23. The van der Waals surface area contributed by atoms with Crippen molar-refractivity contribution in [3.63, 3.8) is 0 Å². The Morgan fingerprint density at radius 2 is 1.87 bits per heavy atom. The van der Waals surface area contributed by atoms with Gasteiger partial charge in [-0.15, -0.1) is 0 Å². The van der Waals surface area contributed by atoms with Gasteiger partial charge in [-0.25, -0.2) is 12.7 Å². The van der Waals surface area contributed by atoms with Crippen LogP contribution in [0.4, 0.5) is 0 Å². The van der Waals surface area contributed by atoms with E-state index in [-0.39, 0.29) is 0 Å². The van der Waals surface area contributed by atoms with E-state index in [0.29, 0.717) is 30.8 Å². The van der Waals surface area contributed by atoms with Gasteiger partial charge in [-0.05, 0) is 62.8 Å². The first-order valence-electron chi connectivity index (χ1n) is 8.31. The van der Waals surface area contributed by atoms with Crippen molar-refractivity contribution >= 4 is 10.0 Å². The number of rotatable bonds is 7. The van der Waals surface area contributed by atoms with Crippen LogP contribution >= 0.6 is 0 Å². The lowest BCUT2D eigenvalue weighted by Crippen LogP contribution is -2.41. The van der Waals surface area contributed by atoms with Gasteiger partial charge in [0.05, 0.1) is 6.26 Å². The fraction of sp³-hybridized carbons (Fsp3) is 0.647. The monoisotopic (exact) mass is 340 g/mol. The van der Waals surface area contributed by atoms with Crippen LogP contribution in [0.1, 0.15) is 31.7 Å². The Balaban J connectivity index is 1.65. The maximum absolute atomic E-state index is 11.5.